The van der Waals surface area contributed by atoms with Crippen LogP contribution in [0.5, 0.6) is 5.75 Å². The van der Waals surface area contributed by atoms with E-state index in [-0.39, 0.29) is 11.7 Å². The highest BCUT2D eigenvalue weighted by molar-refractivity contribution is 5.79. The molecule has 1 atom stereocenters. The van der Waals surface area contributed by atoms with Crippen LogP contribution < -0.4 is 4.89 Å². The number of carbonyl (C=O) groups is 2. The van der Waals surface area contributed by atoms with Crippen LogP contribution in [0.3, 0.4) is 0 Å². The minimum absolute atomic E-state index is 0.158. The molecule has 0 heterocycles. The predicted molar refractivity (Wildman–Crippen MR) is 112 cm³/mol. The molecule has 148 valence electrons. The maximum Gasteiger partial charge on any atom is 0.359 e. The quantitative estimate of drug-likeness (QED) is 0.273. The number of hydrogen-bond donors (Lipinski definition) is 0. The van der Waals surface area contributed by atoms with Crippen LogP contribution in [0.2, 0.25) is 0 Å². The Morgan fingerprint density at radius 1 is 0.862 bits per heavy atom. The van der Waals surface area contributed by atoms with Crippen LogP contribution in [0.1, 0.15) is 47.2 Å². The van der Waals surface area contributed by atoms with E-state index in [9.17, 15) is 9.59 Å². The van der Waals surface area contributed by atoms with Crippen LogP contribution in [0, 0.1) is 5.92 Å². The second-order valence-electron chi connectivity index (χ2n) is 6.84. The van der Waals surface area contributed by atoms with Gasteiger partial charge < -0.3 is 0 Å². The normalized spacial score (nSPS) is 11.7. The monoisotopic (exact) mass is 388 g/mol. The summed E-state index contributed by atoms with van der Waals surface area (Å²) in [6.45, 7) is 2.04. The van der Waals surface area contributed by atoms with Crippen molar-refractivity contribution in [3.63, 3.8) is 0 Å². The first kappa shape index (κ1) is 20.3. The molecule has 0 aliphatic carbocycles. The highest BCUT2D eigenvalue weighted by Gasteiger charge is 2.32. The summed E-state index contributed by atoms with van der Waals surface area (Å²) in [5.74, 6) is -0.810. The maximum absolute atomic E-state index is 13.1. The molecule has 0 aliphatic rings. The van der Waals surface area contributed by atoms with E-state index in [2.05, 4.69) is 0 Å². The molecule has 3 aromatic carbocycles. The minimum atomic E-state index is -0.453. The second-order valence-corrected chi connectivity index (χ2v) is 6.84. The summed E-state index contributed by atoms with van der Waals surface area (Å²) in [6.07, 6.45) is 2.14. The summed E-state index contributed by atoms with van der Waals surface area (Å²) in [5.41, 5.74) is 2.42. The number of rotatable bonds is 9. The maximum atomic E-state index is 13.1. The van der Waals surface area contributed by atoms with Gasteiger partial charge in [-0.1, -0.05) is 86.1 Å². The lowest BCUT2D eigenvalue weighted by molar-refractivity contribution is -0.219. The van der Waals surface area contributed by atoms with Crippen molar-refractivity contribution < 1.29 is 19.4 Å². The second kappa shape index (κ2) is 10.2. The Labute approximate surface area is 171 Å². The number of aldehydes is 1. The summed E-state index contributed by atoms with van der Waals surface area (Å²) >= 11 is 0. The van der Waals surface area contributed by atoms with Crippen LogP contribution in [0.25, 0.3) is 0 Å². The zero-order valence-corrected chi connectivity index (χ0v) is 16.4. The predicted octanol–water partition coefficient (Wildman–Crippen LogP) is 5.58. The SMILES string of the molecule is CCCC(C(=O)OOc1ccccc1C=O)C(c1ccccc1)c1ccccc1. The van der Waals surface area contributed by atoms with Gasteiger partial charge >= 0.3 is 5.97 Å². The van der Waals surface area contributed by atoms with Crippen molar-refractivity contribution in [3.05, 3.63) is 102 Å². The first-order valence-electron chi connectivity index (χ1n) is 9.77. The summed E-state index contributed by atoms with van der Waals surface area (Å²) in [7, 11) is 0. The van der Waals surface area contributed by atoms with Crippen molar-refractivity contribution in [3.8, 4) is 5.75 Å². The molecular weight excluding hydrogens is 364 g/mol. The average molecular weight is 388 g/mol. The lowest BCUT2D eigenvalue weighted by Gasteiger charge is -2.26. The van der Waals surface area contributed by atoms with Crippen molar-refractivity contribution in [1.29, 1.82) is 0 Å². The first-order chi connectivity index (χ1) is 14.2. The molecule has 0 fully saturated rings. The Kier molecular flexibility index (Phi) is 7.17. The van der Waals surface area contributed by atoms with E-state index in [1.165, 1.54) is 0 Å². The third-order valence-electron chi connectivity index (χ3n) is 4.88. The summed E-state index contributed by atoms with van der Waals surface area (Å²) in [4.78, 5) is 34.7. The van der Waals surface area contributed by atoms with Gasteiger partial charge in [0.2, 0.25) is 0 Å². The molecule has 29 heavy (non-hydrogen) atoms. The van der Waals surface area contributed by atoms with E-state index in [1.807, 2.05) is 67.6 Å². The molecule has 3 aromatic rings. The van der Waals surface area contributed by atoms with Crippen molar-refractivity contribution in [2.24, 2.45) is 5.92 Å². The van der Waals surface area contributed by atoms with Crippen LogP contribution in [0.4, 0.5) is 0 Å². The van der Waals surface area contributed by atoms with Crippen molar-refractivity contribution in [2.75, 3.05) is 0 Å². The topological polar surface area (TPSA) is 52.6 Å². The largest absolute Gasteiger partial charge is 0.359 e. The van der Waals surface area contributed by atoms with Gasteiger partial charge in [-0.05, 0) is 29.7 Å². The molecular formula is C25H24O4. The lowest BCUT2D eigenvalue weighted by atomic mass is 9.78. The fourth-order valence-corrected chi connectivity index (χ4v) is 3.51. The molecule has 4 nitrogen and oxygen atoms in total. The van der Waals surface area contributed by atoms with Crippen LogP contribution in [0.15, 0.2) is 84.9 Å². The molecule has 3 rings (SSSR count). The first-order valence-corrected chi connectivity index (χ1v) is 9.77. The van der Waals surface area contributed by atoms with Crippen molar-refractivity contribution in [2.45, 2.75) is 25.7 Å². The van der Waals surface area contributed by atoms with Crippen molar-refractivity contribution >= 4 is 12.3 Å². The fourth-order valence-electron chi connectivity index (χ4n) is 3.51. The van der Waals surface area contributed by atoms with Gasteiger partial charge in [0.15, 0.2) is 12.0 Å². The fraction of sp³-hybridized carbons (Fsp3) is 0.200. The summed E-state index contributed by atoms with van der Waals surface area (Å²) in [6, 6.07) is 26.5. The van der Waals surface area contributed by atoms with E-state index in [1.54, 1.807) is 24.3 Å². The van der Waals surface area contributed by atoms with Gasteiger partial charge in [-0.3, -0.25) is 14.6 Å². The van der Waals surface area contributed by atoms with E-state index in [0.717, 1.165) is 17.5 Å². The van der Waals surface area contributed by atoms with Gasteiger partial charge in [-0.25, -0.2) is 4.79 Å². The Hall–Kier alpha value is -3.40. The zero-order chi connectivity index (χ0) is 20.5. The summed E-state index contributed by atoms with van der Waals surface area (Å²) < 4.78 is 0. The Morgan fingerprint density at radius 3 is 1.97 bits per heavy atom. The summed E-state index contributed by atoms with van der Waals surface area (Å²) in [5, 5.41) is 0. The van der Waals surface area contributed by atoms with Crippen LogP contribution in [-0.2, 0) is 9.68 Å². The van der Waals surface area contributed by atoms with Crippen LogP contribution in [-0.4, -0.2) is 12.3 Å². The smallest absolute Gasteiger partial charge is 0.298 e. The number of benzene rings is 3. The molecule has 0 aromatic heterocycles. The Bertz CT molecular complexity index is 882. The molecule has 0 N–H and O–H groups in total. The van der Waals surface area contributed by atoms with Gasteiger partial charge in [-0.15, -0.1) is 0 Å². The molecule has 0 saturated carbocycles. The van der Waals surface area contributed by atoms with E-state index >= 15 is 0 Å². The van der Waals surface area contributed by atoms with Crippen molar-refractivity contribution in [1.82, 2.24) is 0 Å². The molecule has 0 bridgehead atoms. The Balaban J connectivity index is 1.88. The van der Waals surface area contributed by atoms with Gasteiger partial charge in [0, 0.05) is 5.92 Å². The lowest BCUT2D eigenvalue weighted by Crippen LogP contribution is -2.26. The highest BCUT2D eigenvalue weighted by atomic mass is 17.2. The van der Waals surface area contributed by atoms with Crippen LogP contribution >= 0.6 is 0 Å². The standard InChI is InChI=1S/C25H24O4/c1-2-11-22(25(27)29-28-23-17-10-9-16-21(23)18-26)24(19-12-5-3-6-13-19)20-14-7-4-8-15-20/h3-10,12-18,22,24H,2,11H2,1H3. The van der Waals surface area contributed by atoms with E-state index in [4.69, 9.17) is 9.78 Å². The minimum Gasteiger partial charge on any atom is -0.298 e. The highest BCUT2D eigenvalue weighted by Crippen LogP contribution is 2.35. The third-order valence-corrected chi connectivity index (χ3v) is 4.88. The van der Waals surface area contributed by atoms with Gasteiger partial charge in [0.05, 0.1) is 11.5 Å². The number of para-hydroxylation sites is 1. The molecule has 0 amide bonds. The number of hydrogen-bond acceptors (Lipinski definition) is 4. The third kappa shape index (κ3) is 5.11. The molecule has 0 aliphatic heterocycles. The number of carbonyl (C=O) groups excluding carboxylic acids is 2. The molecule has 0 radical (unpaired) electrons. The molecule has 1 unspecified atom stereocenters. The van der Waals surface area contributed by atoms with E-state index < -0.39 is 11.9 Å². The van der Waals surface area contributed by atoms with Gasteiger partial charge in [0.1, 0.15) is 0 Å². The van der Waals surface area contributed by atoms with Gasteiger partial charge in [-0.2, -0.15) is 0 Å². The molecule has 4 heteroatoms. The zero-order valence-electron chi connectivity index (χ0n) is 16.4. The van der Waals surface area contributed by atoms with E-state index in [0.29, 0.717) is 18.3 Å². The molecule has 0 saturated heterocycles. The molecule has 0 spiro atoms. The Morgan fingerprint density at radius 2 is 1.41 bits per heavy atom. The van der Waals surface area contributed by atoms with Gasteiger partial charge in [0.25, 0.3) is 0 Å². The average Bonchev–Trinajstić information content (AvgIpc) is 2.78.